The van der Waals surface area contributed by atoms with E-state index in [1.165, 1.54) is 22.8 Å². The van der Waals surface area contributed by atoms with Crippen LogP contribution in [0.15, 0.2) is 34.1 Å². The van der Waals surface area contributed by atoms with Gasteiger partial charge in [0, 0.05) is 25.2 Å². The maximum Gasteiger partial charge on any atom is 0.308 e. The second kappa shape index (κ2) is 6.37. The Kier molecular flexibility index (Phi) is 4.76. The third kappa shape index (κ3) is 4.13. The zero-order valence-corrected chi connectivity index (χ0v) is 12.9. The molecule has 0 bridgehead atoms. The second-order valence-corrected chi connectivity index (χ2v) is 7.12. The number of thiophene rings is 1. The summed E-state index contributed by atoms with van der Waals surface area (Å²) in [5.41, 5.74) is 0.750. The van der Waals surface area contributed by atoms with E-state index in [0.717, 1.165) is 5.56 Å². The highest BCUT2D eigenvalue weighted by atomic mass is 32.2. The summed E-state index contributed by atoms with van der Waals surface area (Å²) in [5.74, 6) is -1.89. The molecule has 0 spiro atoms. The fourth-order valence-electron chi connectivity index (χ4n) is 1.81. The number of carboxylic acid groups (broad SMARTS) is 1. The third-order valence-electron chi connectivity index (χ3n) is 2.91. The molecule has 0 saturated heterocycles. The molecule has 0 radical (unpaired) electrons. The normalized spacial score (nSPS) is 13.2. The number of nitrogens with one attached hydrogen (secondary N) is 1. The first-order valence-electron chi connectivity index (χ1n) is 6.10. The van der Waals surface area contributed by atoms with Crippen LogP contribution in [0, 0.1) is 5.92 Å². The van der Waals surface area contributed by atoms with Crippen LogP contribution < -0.4 is 4.72 Å². The van der Waals surface area contributed by atoms with Crippen molar-refractivity contribution in [3.8, 4) is 0 Å². The van der Waals surface area contributed by atoms with E-state index in [9.17, 15) is 18.3 Å². The number of nitrogens with zero attached hydrogens (tertiary/aromatic N) is 2. The fraction of sp³-hybridized carbons (Fsp3) is 0.333. The number of carboxylic acids is 1. The summed E-state index contributed by atoms with van der Waals surface area (Å²) in [7, 11) is -1.92. The standard InChI is InChI=1S/C12H15N3O4S2/c1-15-7-9(5-13-15)4-10(12(16)17)6-14-21(18,19)11-2-3-20-8-11/h2-3,5,7-8,10,14H,4,6H2,1H3,(H,16,17). The minimum atomic E-state index is -3.66. The first-order chi connectivity index (χ1) is 9.88. The maximum atomic E-state index is 12.0. The Bertz CT molecular complexity index is 707. The van der Waals surface area contributed by atoms with E-state index >= 15 is 0 Å². The van der Waals surface area contributed by atoms with Crippen molar-refractivity contribution < 1.29 is 18.3 Å². The van der Waals surface area contributed by atoms with Gasteiger partial charge in [0.05, 0.1) is 17.0 Å². The molecule has 2 aromatic rings. The molecule has 9 heteroatoms. The first-order valence-corrected chi connectivity index (χ1v) is 8.53. The smallest absolute Gasteiger partial charge is 0.308 e. The molecular weight excluding hydrogens is 314 g/mol. The van der Waals surface area contributed by atoms with Crippen molar-refractivity contribution in [3.63, 3.8) is 0 Å². The van der Waals surface area contributed by atoms with Gasteiger partial charge in [-0.05, 0) is 23.4 Å². The topological polar surface area (TPSA) is 101 Å². The number of sulfonamides is 1. The Morgan fingerprint density at radius 2 is 2.33 bits per heavy atom. The van der Waals surface area contributed by atoms with Crippen LogP contribution in [0.5, 0.6) is 0 Å². The lowest BCUT2D eigenvalue weighted by atomic mass is 10.0. The zero-order chi connectivity index (χ0) is 15.5. The minimum absolute atomic E-state index is 0.151. The zero-order valence-electron chi connectivity index (χ0n) is 11.3. The van der Waals surface area contributed by atoms with Crippen LogP contribution in [0.2, 0.25) is 0 Å². The van der Waals surface area contributed by atoms with Crippen molar-refractivity contribution in [2.45, 2.75) is 11.3 Å². The van der Waals surface area contributed by atoms with Gasteiger partial charge < -0.3 is 5.11 Å². The largest absolute Gasteiger partial charge is 0.481 e. The molecule has 2 N–H and O–H groups in total. The number of carbonyl (C=O) groups is 1. The number of aromatic nitrogens is 2. The van der Waals surface area contributed by atoms with Gasteiger partial charge in [-0.15, -0.1) is 0 Å². The Labute approximate surface area is 126 Å². The minimum Gasteiger partial charge on any atom is -0.481 e. The molecule has 0 aromatic carbocycles. The monoisotopic (exact) mass is 329 g/mol. The van der Waals surface area contributed by atoms with Crippen LogP contribution in [-0.4, -0.2) is 35.8 Å². The summed E-state index contributed by atoms with van der Waals surface area (Å²) in [4.78, 5) is 11.4. The van der Waals surface area contributed by atoms with Crippen molar-refractivity contribution in [1.82, 2.24) is 14.5 Å². The molecule has 1 unspecified atom stereocenters. The van der Waals surface area contributed by atoms with Gasteiger partial charge in [0.15, 0.2) is 0 Å². The van der Waals surface area contributed by atoms with Crippen LogP contribution >= 0.6 is 11.3 Å². The second-order valence-electron chi connectivity index (χ2n) is 4.57. The molecule has 0 aliphatic carbocycles. The van der Waals surface area contributed by atoms with Crippen LogP contribution in [-0.2, 0) is 28.3 Å². The van der Waals surface area contributed by atoms with E-state index in [0.29, 0.717) is 0 Å². The fourth-order valence-corrected chi connectivity index (χ4v) is 3.92. The molecular formula is C12H15N3O4S2. The van der Waals surface area contributed by atoms with E-state index in [-0.39, 0.29) is 17.9 Å². The molecule has 21 heavy (non-hydrogen) atoms. The lowest BCUT2D eigenvalue weighted by molar-refractivity contribution is -0.141. The van der Waals surface area contributed by atoms with Crippen molar-refractivity contribution >= 4 is 27.3 Å². The van der Waals surface area contributed by atoms with Gasteiger partial charge in [0.25, 0.3) is 0 Å². The van der Waals surface area contributed by atoms with Crippen LogP contribution in [0.3, 0.4) is 0 Å². The Balaban J connectivity index is 2.02. The number of hydrogen-bond acceptors (Lipinski definition) is 5. The molecule has 0 aliphatic rings. The van der Waals surface area contributed by atoms with Crippen molar-refractivity contribution in [2.24, 2.45) is 13.0 Å². The van der Waals surface area contributed by atoms with E-state index in [2.05, 4.69) is 9.82 Å². The molecule has 2 rings (SSSR count). The number of aliphatic carboxylic acids is 1. The van der Waals surface area contributed by atoms with Crippen LogP contribution in [0.4, 0.5) is 0 Å². The first kappa shape index (κ1) is 15.7. The van der Waals surface area contributed by atoms with Gasteiger partial charge in [-0.3, -0.25) is 9.48 Å². The highest BCUT2D eigenvalue weighted by Gasteiger charge is 2.22. The Hall–Kier alpha value is -1.71. The number of hydrogen-bond donors (Lipinski definition) is 2. The average Bonchev–Trinajstić information content (AvgIpc) is 3.05. The third-order valence-corrected chi connectivity index (χ3v) is 5.17. The highest BCUT2D eigenvalue weighted by Crippen LogP contribution is 2.14. The molecule has 0 aliphatic heterocycles. The Morgan fingerprint density at radius 3 is 2.86 bits per heavy atom. The predicted octanol–water partition coefficient (Wildman–Crippen LogP) is 0.703. The van der Waals surface area contributed by atoms with E-state index in [1.807, 2.05) is 0 Å². The lowest BCUT2D eigenvalue weighted by Crippen LogP contribution is -2.33. The van der Waals surface area contributed by atoms with Gasteiger partial charge in [0.1, 0.15) is 0 Å². The molecule has 0 fully saturated rings. The van der Waals surface area contributed by atoms with Crippen LogP contribution in [0.1, 0.15) is 5.56 Å². The quantitative estimate of drug-likeness (QED) is 0.779. The van der Waals surface area contributed by atoms with Gasteiger partial charge >= 0.3 is 5.97 Å². The molecule has 0 saturated carbocycles. The molecule has 2 aromatic heterocycles. The van der Waals surface area contributed by atoms with Crippen molar-refractivity contribution in [2.75, 3.05) is 6.54 Å². The van der Waals surface area contributed by atoms with Crippen molar-refractivity contribution in [3.05, 3.63) is 34.8 Å². The maximum absolute atomic E-state index is 12.0. The van der Waals surface area contributed by atoms with Crippen molar-refractivity contribution in [1.29, 1.82) is 0 Å². The van der Waals surface area contributed by atoms with Gasteiger partial charge in [-0.25, -0.2) is 13.1 Å². The molecule has 2 heterocycles. The summed E-state index contributed by atoms with van der Waals surface area (Å²) in [6, 6.07) is 1.48. The molecule has 114 valence electrons. The van der Waals surface area contributed by atoms with Gasteiger partial charge in [-0.1, -0.05) is 0 Å². The van der Waals surface area contributed by atoms with E-state index < -0.39 is 21.9 Å². The number of aryl methyl sites for hydroxylation is 1. The van der Waals surface area contributed by atoms with Crippen LogP contribution in [0.25, 0.3) is 0 Å². The Morgan fingerprint density at radius 1 is 1.57 bits per heavy atom. The predicted molar refractivity (Wildman–Crippen MR) is 77.5 cm³/mol. The molecule has 0 amide bonds. The SMILES string of the molecule is Cn1cc(CC(CNS(=O)(=O)c2ccsc2)C(=O)O)cn1. The summed E-state index contributed by atoms with van der Waals surface area (Å²) < 4.78 is 27.8. The van der Waals surface area contributed by atoms with Gasteiger partial charge in [0.2, 0.25) is 10.0 Å². The van der Waals surface area contributed by atoms with E-state index in [4.69, 9.17) is 0 Å². The summed E-state index contributed by atoms with van der Waals surface area (Å²) in [5, 5.41) is 16.3. The molecule has 7 nitrogen and oxygen atoms in total. The lowest BCUT2D eigenvalue weighted by Gasteiger charge is -2.12. The summed E-state index contributed by atoms with van der Waals surface area (Å²) >= 11 is 1.27. The average molecular weight is 329 g/mol. The number of rotatable bonds is 7. The summed E-state index contributed by atoms with van der Waals surface area (Å²) in [6.07, 6.45) is 3.50. The molecule has 1 atom stereocenters. The van der Waals surface area contributed by atoms with E-state index in [1.54, 1.807) is 29.5 Å². The van der Waals surface area contributed by atoms with Gasteiger partial charge in [-0.2, -0.15) is 16.4 Å². The highest BCUT2D eigenvalue weighted by molar-refractivity contribution is 7.89. The summed E-state index contributed by atoms with van der Waals surface area (Å²) in [6.45, 7) is -0.164.